The molecule has 6 aliphatic rings. The van der Waals surface area contributed by atoms with Crippen molar-refractivity contribution in [3.63, 3.8) is 0 Å². The lowest BCUT2D eigenvalue weighted by Crippen LogP contribution is -2.55. The van der Waals surface area contributed by atoms with E-state index in [-0.39, 0.29) is 40.3 Å². The largest absolute Gasteiger partial charge is 0.462 e. The van der Waals surface area contributed by atoms with Crippen molar-refractivity contribution < 1.29 is 19.1 Å². The number of ketones is 1. The number of carbonyl (C=O) groups excluding carboxylic acids is 2. The van der Waals surface area contributed by atoms with Crippen LogP contribution in [0.25, 0.3) is 0 Å². The molecule has 13 atom stereocenters. The highest BCUT2D eigenvalue weighted by atomic mass is 35.5. The average Bonchev–Trinajstić information content (AvgIpc) is 3.28. The molecule has 5 aliphatic carbocycles. The molecule has 4 saturated carbocycles. The number of allylic oxidation sites excluding steroid dienone is 2. The Labute approximate surface area is 228 Å². The maximum atomic E-state index is 12.6. The number of halogens is 1. The van der Waals surface area contributed by atoms with E-state index in [1.165, 1.54) is 25.7 Å². The number of fused-ring (bicyclic) bond motifs is 2. The van der Waals surface area contributed by atoms with Crippen LogP contribution in [0, 0.1) is 63.1 Å². The van der Waals surface area contributed by atoms with E-state index >= 15 is 0 Å². The van der Waals surface area contributed by atoms with E-state index in [9.17, 15) is 9.59 Å². The number of carbonyl (C=O) groups is 2. The molecule has 6 rings (SSSR count). The summed E-state index contributed by atoms with van der Waals surface area (Å²) in [7, 11) is 0. The third-order valence-electron chi connectivity index (χ3n) is 13.5. The first kappa shape index (κ1) is 26.4. The second-order valence-corrected chi connectivity index (χ2v) is 15.0. The van der Waals surface area contributed by atoms with Gasteiger partial charge in [-0.25, -0.2) is 0 Å². The van der Waals surface area contributed by atoms with Gasteiger partial charge in [-0.2, -0.15) is 0 Å². The van der Waals surface area contributed by atoms with Gasteiger partial charge in [0.1, 0.15) is 6.10 Å². The number of rotatable bonds is 5. The summed E-state index contributed by atoms with van der Waals surface area (Å²) in [6, 6.07) is 0. The van der Waals surface area contributed by atoms with Gasteiger partial charge < -0.3 is 9.47 Å². The fourth-order valence-corrected chi connectivity index (χ4v) is 12.1. The molecule has 0 radical (unpaired) electrons. The molecule has 13 unspecified atom stereocenters. The van der Waals surface area contributed by atoms with Crippen molar-refractivity contribution in [1.29, 1.82) is 0 Å². The predicted molar refractivity (Wildman–Crippen MR) is 145 cm³/mol. The van der Waals surface area contributed by atoms with E-state index in [4.69, 9.17) is 21.1 Å². The highest BCUT2D eigenvalue weighted by Crippen LogP contribution is 2.87. The molecule has 4 nitrogen and oxygen atoms in total. The van der Waals surface area contributed by atoms with E-state index in [1.54, 1.807) is 6.92 Å². The Hall–Kier alpha value is -0.870. The molecule has 1 aliphatic heterocycles. The van der Waals surface area contributed by atoms with Crippen LogP contribution in [0.1, 0.15) is 86.5 Å². The Morgan fingerprint density at radius 2 is 1.97 bits per heavy atom. The molecule has 0 amide bonds. The van der Waals surface area contributed by atoms with Gasteiger partial charge in [-0.3, -0.25) is 9.59 Å². The van der Waals surface area contributed by atoms with Crippen LogP contribution < -0.4 is 0 Å². The van der Waals surface area contributed by atoms with Crippen LogP contribution in [0.3, 0.4) is 0 Å². The van der Waals surface area contributed by atoms with E-state index in [0.717, 1.165) is 25.9 Å². The quantitative estimate of drug-likeness (QED) is 0.288. The summed E-state index contributed by atoms with van der Waals surface area (Å²) in [6.45, 7) is 14.3. The summed E-state index contributed by atoms with van der Waals surface area (Å²) in [5, 5.41) is 0. The molecule has 0 bridgehead atoms. The van der Waals surface area contributed by atoms with Gasteiger partial charge >= 0.3 is 5.97 Å². The Bertz CT molecular complexity index is 1010. The van der Waals surface area contributed by atoms with E-state index in [0.29, 0.717) is 52.6 Å². The van der Waals surface area contributed by atoms with Crippen molar-refractivity contribution in [2.24, 2.45) is 63.1 Å². The standard InChI is InChI=1S/C32H47ClO4/c1-18(13-25-22(15-33)19(2)16-36-25)28-26(37-21(4)34)14-30(6)27-8-7-23-20(3)24(35)9-10-31(23)17-32(27,31)12-11-29(28,30)5/h9-10,18-20,22-23,25-28H,7-8,11-17H2,1-6H3. The number of hydrogen-bond acceptors (Lipinski definition) is 4. The Morgan fingerprint density at radius 3 is 2.68 bits per heavy atom. The van der Waals surface area contributed by atoms with E-state index in [2.05, 4.69) is 40.7 Å². The molecule has 5 heteroatoms. The van der Waals surface area contributed by atoms with Crippen molar-refractivity contribution in [3.05, 3.63) is 12.2 Å². The van der Waals surface area contributed by atoms with E-state index in [1.807, 2.05) is 6.08 Å². The number of esters is 1. The number of hydrogen-bond donors (Lipinski definition) is 0. The van der Waals surface area contributed by atoms with Crippen LogP contribution in [0.5, 0.6) is 0 Å². The van der Waals surface area contributed by atoms with Gasteiger partial charge in [0.05, 0.1) is 6.10 Å². The lowest BCUT2D eigenvalue weighted by Gasteiger charge is -2.61. The molecule has 1 heterocycles. The molecule has 2 spiro atoms. The van der Waals surface area contributed by atoms with Crippen molar-refractivity contribution in [1.82, 2.24) is 0 Å². The molecule has 0 aromatic carbocycles. The van der Waals surface area contributed by atoms with Gasteiger partial charge in [0.15, 0.2) is 5.78 Å². The average molecular weight is 531 g/mol. The summed E-state index contributed by atoms with van der Waals surface area (Å²) in [5.74, 6) is 3.71. The topological polar surface area (TPSA) is 52.6 Å². The zero-order chi connectivity index (χ0) is 26.5. The first-order chi connectivity index (χ1) is 17.4. The third-order valence-corrected chi connectivity index (χ3v) is 13.9. The highest BCUT2D eigenvalue weighted by Gasteiger charge is 2.81. The highest BCUT2D eigenvalue weighted by molar-refractivity contribution is 6.18. The number of ether oxygens (including phenoxy) is 2. The monoisotopic (exact) mass is 530 g/mol. The Morgan fingerprint density at radius 1 is 1.22 bits per heavy atom. The van der Waals surface area contributed by atoms with Crippen molar-refractivity contribution in [2.45, 2.75) is 98.7 Å². The van der Waals surface area contributed by atoms with Gasteiger partial charge in [-0.15, -0.1) is 11.6 Å². The maximum Gasteiger partial charge on any atom is 0.302 e. The van der Waals surface area contributed by atoms with Crippen molar-refractivity contribution in [3.8, 4) is 0 Å². The summed E-state index contributed by atoms with van der Waals surface area (Å²) in [6.07, 6.45) is 12.4. The zero-order valence-corrected chi connectivity index (χ0v) is 24.5. The van der Waals surface area contributed by atoms with Crippen molar-refractivity contribution >= 4 is 23.4 Å². The van der Waals surface area contributed by atoms with Gasteiger partial charge in [0.2, 0.25) is 0 Å². The smallest absolute Gasteiger partial charge is 0.302 e. The lowest BCUT2D eigenvalue weighted by molar-refractivity contribution is -0.151. The zero-order valence-electron chi connectivity index (χ0n) is 23.7. The second kappa shape index (κ2) is 8.56. The van der Waals surface area contributed by atoms with Crippen LogP contribution in [0.2, 0.25) is 0 Å². The number of alkyl halides is 1. The van der Waals surface area contributed by atoms with Crippen LogP contribution >= 0.6 is 11.6 Å². The lowest BCUT2D eigenvalue weighted by atomic mass is 9.43. The molecular weight excluding hydrogens is 484 g/mol. The normalized spacial score (nSPS) is 54.6. The molecule has 0 aromatic rings. The summed E-state index contributed by atoms with van der Waals surface area (Å²) in [5.41, 5.74) is 0.768. The minimum Gasteiger partial charge on any atom is -0.462 e. The fraction of sp³-hybridized carbons (Fsp3) is 0.875. The molecule has 37 heavy (non-hydrogen) atoms. The molecule has 5 fully saturated rings. The molecule has 206 valence electrons. The fourth-order valence-electron chi connectivity index (χ4n) is 11.6. The van der Waals surface area contributed by atoms with Crippen molar-refractivity contribution in [2.75, 3.05) is 12.5 Å². The van der Waals surface area contributed by atoms with Crippen LogP contribution in [0.4, 0.5) is 0 Å². The van der Waals surface area contributed by atoms with Gasteiger partial charge in [0, 0.05) is 37.2 Å². The third kappa shape index (κ3) is 3.36. The summed E-state index contributed by atoms with van der Waals surface area (Å²) in [4.78, 5) is 25.0. The molecule has 1 saturated heterocycles. The van der Waals surface area contributed by atoms with Crippen LogP contribution in [-0.4, -0.2) is 36.4 Å². The van der Waals surface area contributed by atoms with Crippen LogP contribution in [-0.2, 0) is 19.1 Å². The maximum absolute atomic E-state index is 12.6. The Kier molecular flexibility index (Phi) is 6.10. The van der Waals surface area contributed by atoms with Crippen LogP contribution in [0.15, 0.2) is 12.2 Å². The minimum atomic E-state index is -0.152. The van der Waals surface area contributed by atoms with Gasteiger partial charge in [0.25, 0.3) is 0 Å². The minimum absolute atomic E-state index is 0.0410. The molecule has 0 aromatic heterocycles. The Balaban J connectivity index is 1.33. The summed E-state index contributed by atoms with van der Waals surface area (Å²) < 4.78 is 12.5. The van der Waals surface area contributed by atoms with Gasteiger partial charge in [-0.1, -0.05) is 40.7 Å². The molecule has 0 N–H and O–H groups in total. The first-order valence-corrected chi connectivity index (χ1v) is 15.6. The molecular formula is C32H47ClO4. The van der Waals surface area contributed by atoms with E-state index < -0.39 is 0 Å². The summed E-state index contributed by atoms with van der Waals surface area (Å²) >= 11 is 6.39. The SMILES string of the molecule is CC(=O)OC1CC2(C)C3CCC4C(C)C(=O)C=CC45CC35CCC2(C)C1C(C)CC1OCC(C)C1CCl. The first-order valence-electron chi connectivity index (χ1n) is 15.0. The van der Waals surface area contributed by atoms with Gasteiger partial charge in [-0.05, 0) is 96.4 Å². The second-order valence-electron chi connectivity index (χ2n) is 14.7. The predicted octanol–water partition coefficient (Wildman–Crippen LogP) is 6.84.